The van der Waals surface area contributed by atoms with Crippen LogP contribution in [0.15, 0.2) is 0 Å². The fourth-order valence-corrected chi connectivity index (χ4v) is 3.10. The maximum absolute atomic E-state index is 3.93. The first-order valence-corrected chi connectivity index (χ1v) is 7.09. The summed E-state index contributed by atoms with van der Waals surface area (Å²) in [5.74, 6) is 0.770. The lowest BCUT2D eigenvalue weighted by atomic mass is 9.42. The molecule has 0 aromatic carbocycles. The standard InChI is InChI=1S/C15H32BN/c1-13(2,3)11-10-16(15(7,8)9)17-12(11)14(4,5)6/h11-12,17H,10H2,1-9H3. The van der Waals surface area contributed by atoms with Gasteiger partial charge in [-0.3, -0.25) is 0 Å². The Balaban J connectivity index is 2.96. The molecule has 1 rings (SSSR count). The minimum absolute atomic E-state index is 0.345. The summed E-state index contributed by atoms with van der Waals surface area (Å²) in [5.41, 5.74) is 0.739. The van der Waals surface area contributed by atoms with Crippen molar-refractivity contribution in [1.82, 2.24) is 5.23 Å². The first-order valence-electron chi connectivity index (χ1n) is 7.09. The third-order valence-corrected chi connectivity index (χ3v) is 4.36. The zero-order valence-electron chi connectivity index (χ0n) is 13.4. The van der Waals surface area contributed by atoms with Gasteiger partial charge in [-0.2, -0.15) is 0 Å². The lowest BCUT2D eigenvalue weighted by Crippen LogP contribution is -2.47. The third kappa shape index (κ3) is 3.50. The van der Waals surface area contributed by atoms with Crippen LogP contribution in [0, 0.1) is 16.7 Å². The van der Waals surface area contributed by atoms with E-state index in [1.807, 2.05) is 0 Å². The quantitative estimate of drug-likeness (QED) is 0.613. The molecule has 0 spiro atoms. The van der Waals surface area contributed by atoms with Crippen molar-refractivity contribution in [2.75, 3.05) is 0 Å². The highest BCUT2D eigenvalue weighted by atomic mass is 14.9. The van der Waals surface area contributed by atoms with Crippen LogP contribution in [0.4, 0.5) is 0 Å². The molecule has 2 unspecified atom stereocenters. The van der Waals surface area contributed by atoms with Crippen LogP contribution < -0.4 is 5.23 Å². The van der Waals surface area contributed by atoms with Crippen LogP contribution in [0.2, 0.25) is 11.6 Å². The highest BCUT2D eigenvalue weighted by Crippen LogP contribution is 2.46. The van der Waals surface area contributed by atoms with E-state index >= 15 is 0 Å². The minimum atomic E-state index is 0.345. The highest BCUT2D eigenvalue weighted by Gasteiger charge is 2.49. The lowest BCUT2D eigenvalue weighted by molar-refractivity contribution is 0.148. The first kappa shape index (κ1) is 15.1. The highest BCUT2D eigenvalue weighted by molar-refractivity contribution is 6.60. The molecule has 1 saturated heterocycles. The molecular formula is C15H32BN. The normalized spacial score (nSPS) is 27.7. The summed E-state index contributed by atoms with van der Waals surface area (Å²) in [4.78, 5) is 0. The van der Waals surface area contributed by atoms with Crippen molar-refractivity contribution in [3.05, 3.63) is 0 Å². The summed E-state index contributed by atoms with van der Waals surface area (Å²) in [5, 5.41) is 4.29. The summed E-state index contributed by atoms with van der Waals surface area (Å²) < 4.78 is 0. The van der Waals surface area contributed by atoms with Crippen molar-refractivity contribution in [2.45, 2.75) is 80.0 Å². The zero-order chi connectivity index (χ0) is 13.6. The van der Waals surface area contributed by atoms with Crippen LogP contribution in [0.3, 0.4) is 0 Å². The lowest BCUT2D eigenvalue weighted by Gasteiger charge is -2.39. The van der Waals surface area contributed by atoms with Gasteiger partial charge in [-0.15, -0.1) is 0 Å². The molecule has 1 N–H and O–H groups in total. The Bertz CT molecular complexity index is 242. The van der Waals surface area contributed by atoms with Gasteiger partial charge < -0.3 is 5.23 Å². The van der Waals surface area contributed by atoms with E-state index in [0.717, 1.165) is 5.92 Å². The van der Waals surface area contributed by atoms with Gasteiger partial charge in [0.05, 0.1) is 0 Å². The Labute approximate surface area is 109 Å². The van der Waals surface area contributed by atoms with Gasteiger partial charge in [0.1, 0.15) is 0 Å². The molecule has 2 atom stereocenters. The predicted octanol–water partition coefficient (Wildman–Crippen LogP) is 4.46. The molecule has 0 bridgehead atoms. The monoisotopic (exact) mass is 237 g/mol. The van der Waals surface area contributed by atoms with Crippen LogP contribution in [0.5, 0.6) is 0 Å². The van der Waals surface area contributed by atoms with Gasteiger partial charge in [0, 0.05) is 6.04 Å². The number of rotatable bonds is 0. The van der Waals surface area contributed by atoms with Crippen molar-refractivity contribution in [1.29, 1.82) is 0 Å². The molecular weight excluding hydrogens is 205 g/mol. The maximum atomic E-state index is 3.93. The summed E-state index contributed by atoms with van der Waals surface area (Å²) in [6, 6.07) is 0.631. The van der Waals surface area contributed by atoms with Crippen LogP contribution in [-0.4, -0.2) is 12.9 Å². The van der Waals surface area contributed by atoms with Crippen LogP contribution >= 0.6 is 0 Å². The van der Waals surface area contributed by atoms with Gasteiger partial charge in [-0.05, 0) is 22.1 Å². The largest absolute Gasteiger partial charge is 0.352 e. The maximum Gasteiger partial charge on any atom is 0.226 e. The Morgan fingerprint density at radius 1 is 0.824 bits per heavy atom. The molecule has 0 aliphatic carbocycles. The van der Waals surface area contributed by atoms with Gasteiger partial charge >= 0.3 is 0 Å². The SMILES string of the molecule is CC(C)(C)B1CC(C(C)(C)C)C(C(C)(C)C)N1. The Morgan fingerprint density at radius 2 is 1.29 bits per heavy atom. The topological polar surface area (TPSA) is 12.0 Å². The first-order chi connectivity index (χ1) is 7.33. The summed E-state index contributed by atoms with van der Waals surface area (Å²) in [6.45, 7) is 22.0. The van der Waals surface area contributed by atoms with E-state index in [0.29, 0.717) is 29.0 Å². The molecule has 0 amide bonds. The van der Waals surface area contributed by atoms with Gasteiger partial charge in [-0.25, -0.2) is 0 Å². The van der Waals surface area contributed by atoms with Crippen molar-refractivity contribution < 1.29 is 0 Å². The second-order valence-corrected chi connectivity index (χ2v) is 9.14. The summed E-state index contributed by atoms with van der Waals surface area (Å²) in [7, 11) is 0. The average molecular weight is 237 g/mol. The van der Waals surface area contributed by atoms with E-state index < -0.39 is 0 Å². The van der Waals surface area contributed by atoms with E-state index in [1.165, 1.54) is 6.32 Å². The molecule has 1 aliphatic rings. The number of hydrogen-bond acceptors (Lipinski definition) is 1. The minimum Gasteiger partial charge on any atom is -0.352 e. The van der Waals surface area contributed by atoms with E-state index in [9.17, 15) is 0 Å². The van der Waals surface area contributed by atoms with Crippen LogP contribution in [0.25, 0.3) is 0 Å². The van der Waals surface area contributed by atoms with Crippen LogP contribution in [-0.2, 0) is 0 Å². The smallest absolute Gasteiger partial charge is 0.226 e. The van der Waals surface area contributed by atoms with E-state index in [-0.39, 0.29) is 0 Å². The molecule has 1 heterocycles. The van der Waals surface area contributed by atoms with Crippen molar-refractivity contribution in [2.24, 2.45) is 16.7 Å². The average Bonchev–Trinajstić information content (AvgIpc) is 2.42. The molecule has 17 heavy (non-hydrogen) atoms. The van der Waals surface area contributed by atoms with E-state index in [4.69, 9.17) is 0 Å². The second-order valence-electron chi connectivity index (χ2n) is 9.14. The Morgan fingerprint density at radius 3 is 1.53 bits per heavy atom. The van der Waals surface area contributed by atoms with Gasteiger partial charge in [0.2, 0.25) is 6.85 Å². The molecule has 0 aromatic heterocycles. The predicted molar refractivity (Wildman–Crippen MR) is 79.6 cm³/mol. The van der Waals surface area contributed by atoms with Gasteiger partial charge in [0.25, 0.3) is 0 Å². The molecule has 0 saturated carbocycles. The third-order valence-electron chi connectivity index (χ3n) is 4.36. The van der Waals surface area contributed by atoms with Crippen molar-refractivity contribution >= 4 is 6.85 Å². The van der Waals surface area contributed by atoms with Gasteiger partial charge in [0.15, 0.2) is 0 Å². The number of nitrogens with one attached hydrogen (secondary N) is 1. The molecule has 0 radical (unpaired) electrons. The molecule has 2 heteroatoms. The van der Waals surface area contributed by atoms with Gasteiger partial charge in [-0.1, -0.05) is 68.6 Å². The number of hydrogen-bond donors (Lipinski definition) is 1. The molecule has 1 nitrogen and oxygen atoms in total. The van der Waals surface area contributed by atoms with E-state index in [1.54, 1.807) is 0 Å². The Hall–Kier alpha value is 0.0249. The molecule has 0 aromatic rings. The molecule has 100 valence electrons. The zero-order valence-corrected chi connectivity index (χ0v) is 13.4. The summed E-state index contributed by atoms with van der Waals surface area (Å²) in [6.07, 6.45) is 1.31. The summed E-state index contributed by atoms with van der Waals surface area (Å²) >= 11 is 0. The fourth-order valence-electron chi connectivity index (χ4n) is 3.10. The second kappa shape index (κ2) is 4.29. The van der Waals surface area contributed by atoms with E-state index in [2.05, 4.69) is 67.5 Å². The molecule has 1 fully saturated rings. The van der Waals surface area contributed by atoms with Crippen molar-refractivity contribution in [3.63, 3.8) is 0 Å². The fraction of sp³-hybridized carbons (Fsp3) is 1.00. The van der Waals surface area contributed by atoms with Crippen molar-refractivity contribution in [3.8, 4) is 0 Å². The van der Waals surface area contributed by atoms with Crippen LogP contribution in [0.1, 0.15) is 62.3 Å². The Kier molecular flexibility index (Phi) is 3.81. The molecule has 1 aliphatic heterocycles.